The summed E-state index contributed by atoms with van der Waals surface area (Å²) < 4.78 is 0. The first-order chi connectivity index (χ1) is 9.65. The second-order valence-corrected chi connectivity index (χ2v) is 5.18. The molecule has 2 rings (SSSR count). The van der Waals surface area contributed by atoms with E-state index in [2.05, 4.69) is 10.6 Å². The zero-order valence-corrected chi connectivity index (χ0v) is 11.4. The fourth-order valence-corrected chi connectivity index (χ4v) is 1.93. The van der Waals surface area contributed by atoms with Crippen molar-refractivity contribution in [3.63, 3.8) is 0 Å². The molecule has 1 fully saturated rings. The summed E-state index contributed by atoms with van der Waals surface area (Å²) in [5.41, 5.74) is 1.29. The first-order valence-corrected chi connectivity index (χ1v) is 6.95. The maximum Gasteiger partial charge on any atom is 0.335 e. The minimum atomic E-state index is -0.924. The molecule has 0 heterocycles. The monoisotopic (exact) mass is 276 g/mol. The van der Waals surface area contributed by atoms with Gasteiger partial charge in [0.25, 0.3) is 0 Å². The van der Waals surface area contributed by atoms with E-state index >= 15 is 0 Å². The molecule has 3 N–H and O–H groups in total. The van der Waals surface area contributed by atoms with E-state index in [1.807, 2.05) is 0 Å². The Morgan fingerprint density at radius 1 is 1.20 bits per heavy atom. The fraction of sp³-hybridized carbons (Fsp3) is 0.467. The van der Waals surface area contributed by atoms with Gasteiger partial charge >= 0.3 is 5.97 Å². The van der Waals surface area contributed by atoms with Gasteiger partial charge < -0.3 is 15.7 Å². The smallest absolute Gasteiger partial charge is 0.335 e. The van der Waals surface area contributed by atoms with Gasteiger partial charge in [0.05, 0.1) is 12.1 Å². The molecule has 1 aromatic carbocycles. The van der Waals surface area contributed by atoms with Gasteiger partial charge in [-0.1, -0.05) is 12.1 Å². The number of nitrogens with one attached hydrogen (secondary N) is 2. The van der Waals surface area contributed by atoms with E-state index in [1.165, 1.54) is 12.8 Å². The number of hydrogen-bond donors (Lipinski definition) is 3. The number of hydrogen-bond acceptors (Lipinski definition) is 3. The number of benzene rings is 1. The average Bonchev–Trinajstić information content (AvgIpc) is 3.23. The van der Waals surface area contributed by atoms with E-state index in [9.17, 15) is 9.59 Å². The molecule has 0 bridgehead atoms. The van der Waals surface area contributed by atoms with Crippen LogP contribution in [0, 0.1) is 5.92 Å². The van der Waals surface area contributed by atoms with Gasteiger partial charge in [-0.3, -0.25) is 4.79 Å². The normalized spacial score (nSPS) is 14.0. The zero-order valence-electron chi connectivity index (χ0n) is 11.4. The van der Waals surface area contributed by atoms with Crippen LogP contribution in [0.2, 0.25) is 0 Å². The number of carbonyl (C=O) groups excluding carboxylic acids is 1. The van der Waals surface area contributed by atoms with Gasteiger partial charge in [-0.2, -0.15) is 0 Å². The first-order valence-electron chi connectivity index (χ1n) is 6.95. The predicted octanol–water partition coefficient (Wildman–Crippen LogP) is 1.04. The summed E-state index contributed by atoms with van der Waals surface area (Å²) in [5.74, 6) is -0.144. The molecule has 0 saturated heterocycles. The molecule has 0 unspecified atom stereocenters. The lowest BCUT2D eigenvalue weighted by molar-refractivity contribution is -0.120. The van der Waals surface area contributed by atoms with Crippen LogP contribution in [0.15, 0.2) is 24.3 Å². The summed E-state index contributed by atoms with van der Waals surface area (Å²) in [7, 11) is 0. The zero-order chi connectivity index (χ0) is 14.4. The molecule has 5 nitrogen and oxygen atoms in total. The largest absolute Gasteiger partial charge is 0.478 e. The lowest BCUT2D eigenvalue weighted by Gasteiger charge is -2.06. The Morgan fingerprint density at radius 2 is 1.90 bits per heavy atom. The van der Waals surface area contributed by atoms with Crippen molar-refractivity contribution in [2.45, 2.75) is 19.3 Å². The second kappa shape index (κ2) is 7.05. The summed E-state index contributed by atoms with van der Waals surface area (Å²) in [4.78, 5) is 22.2. The fourth-order valence-electron chi connectivity index (χ4n) is 1.93. The highest BCUT2D eigenvalue weighted by molar-refractivity contribution is 5.87. The molecular weight excluding hydrogens is 256 g/mol. The maximum absolute atomic E-state index is 11.5. The molecule has 0 aliphatic heterocycles. The number of rotatable bonds is 8. The van der Waals surface area contributed by atoms with E-state index in [0.29, 0.717) is 19.5 Å². The van der Waals surface area contributed by atoms with Crippen molar-refractivity contribution in [1.29, 1.82) is 0 Å². The van der Waals surface area contributed by atoms with Crippen LogP contribution in [-0.2, 0) is 11.2 Å². The van der Waals surface area contributed by atoms with Crippen LogP contribution in [0.5, 0.6) is 0 Å². The molecule has 1 aromatic rings. The van der Waals surface area contributed by atoms with E-state index in [1.54, 1.807) is 24.3 Å². The SMILES string of the molecule is O=C(CNCC1CC1)NCCc1ccc(C(=O)O)cc1. The molecule has 108 valence electrons. The van der Waals surface area contributed by atoms with Gasteiger partial charge in [-0.15, -0.1) is 0 Å². The summed E-state index contributed by atoms with van der Waals surface area (Å²) in [6.07, 6.45) is 3.26. The summed E-state index contributed by atoms with van der Waals surface area (Å²) in [6.45, 7) is 1.87. The summed E-state index contributed by atoms with van der Waals surface area (Å²) in [5, 5.41) is 14.8. The van der Waals surface area contributed by atoms with Crippen LogP contribution in [-0.4, -0.2) is 36.6 Å². The highest BCUT2D eigenvalue weighted by atomic mass is 16.4. The molecule has 1 saturated carbocycles. The van der Waals surface area contributed by atoms with Gasteiger partial charge in [0.1, 0.15) is 0 Å². The van der Waals surface area contributed by atoms with Crippen LogP contribution in [0.1, 0.15) is 28.8 Å². The molecule has 0 atom stereocenters. The quantitative estimate of drug-likeness (QED) is 0.663. The van der Waals surface area contributed by atoms with E-state index in [-0.39, 0.29) is 11.5 Å². The van der Waals surface area contributed by atoms with Crippen molar-refractivity contribution in [2.24, 2.45) is 5.92 Å². The van der Waals surface area contributed by atoms with Gasteiger partial charge in [0, 0.05) is 6.54 Å². The molecule has 5 heteroatoms. The Morgan fingerprint density at radius 3 is 2.50 bits per heavy atom. The number of carboxylic acids is 1. The third-order valence-electron chi connectivity index (χ3n) is 3.35. The number of aromatic carboxylic acids is 1. The second-order valence-electron chi connectivity index (χ2n) is 5.18. The predicted molar refractivity (Wildman–Crippen MR) is 75.7 cm³/mol. The van der Waals surface area contributed by atoms with Crippen molar-refractivity contribution in [2.75, 3.05) is 19.6 Å². The number of carbonyl (C=O) groups is 2. The van der Waals surface area contributed by atoms with Gasteiger partial charge in [-0.05, 0) is 49.4 Å². The Bertz CT molecular complexity index is 467. The van der Waals surface area contributed by atoms with Crippen molar-refractivity contribution in [1.82, 2.24) is 10.6 Å². The van der Waals surface area contributed by atoms with E-state index in [0.717, 1.165) is 18.0 Å². The van der Waals surface area contributed by atoms with Gasteiger partial charge in [0.15, 0.2) is 0 Å². The molecule has 0 aromatic heterocycles. The Hall–Kier alpha value is -1.88. The maximum atomic E-state index is 11.5. The molecule has 1 aliphatic carbocycles. The van der Waals surface area contributed by atoms with Gasteiger partial charge in [-0.25, -0.2) is 4.79 Å². The van der Waals surface area contributed by atoms with Crippen molar-refractivity contribution in [3.05, 3.63) is 35.4 Å². The Kier molecular flexibility index (Phi) is 5.12. The lowest BCUT2D eigenvalue weighted by Crippen LogP contribution is -2.35. The van der Waals surface area contributed by atoms with Crippen LogP contribution in [0.25, 0.3) is 0 Å². The van der Waals surface area contributed by atoms with Crippen LogP contribution in [0.4, 0.5) is 0 Å². The summed E-state index contributed by atoms with van der Waals surface area (Å²) in [6, 6.07) is 6.72. The standard InChI is InChI=1S/C15H20N2O3/c18-14(10-16-9-12-1-2-12)17-8-7-11-3-5-13(6-4-11)15(19)20/h3-6,12,16H,1-2,7-10H2,(H,17,18)(H,19,20). The number of carboxylic acid groups (broad SMARTS) is 1. The molecule has 1 aliphatic rings. The molecule has 0 radical (unpaired) electrons. The topological polar surface area (TPSA) is 78.4 Å². The minimum Gasteiger partial charge on any atom is -0.478 e. The van der Waals surface area contributed by atoms with Crippen LogP contribution >= 0.6 is 0 Å². The van der Waals surface area contributed by atoms with Crippen LogP contribution < -0.4 is 10.6 Å². The van der Waals surface area contributed by atoms with Gasteiger partial charge in [0.2, 0.25) is 5.91 Å². The van der Waals surface area contributed by atoms with Crippen molar-refractivity contribution >= 4 is 11.9 Å². The van der Waals surface area contributed by atoms with E-state index < -0.39 is 5.97 Å². The third kappa shape index (κ3) is 5.01. The molecule has 20 heavy (non-hydrogen) atoms. The third-order valence-corrected chi connectivity index (χ3v) is 3.35. The molecule has 0 spiro atoms. The summed E-state index contributed by atoms with van der Waals surface area (Å²) >= 11 is 0. The first kappa shape index (κ1) is 14.5. The average molecular weight is 276 g/mol. The Labute approximate surface area is 118 Å². The van der Waals surface area contributed by atoms with Crippen molar-refractivity contribution < 1.29 is 14.7 Å². The van der Waals surface area contributed by atoms with E-state index in [4.69, 9.17) is 5.11 Å². The highest BCUT2D eigenvalue weighted by Crippen LogP contribution is 2.27. The Balaban J connectivity index is 1.61. The lowest BCUT2D eigenvalue weighted by atomic mass is 10.1. The molecular formula is C15H20N2O3. The van der Waals surface area contributed by atoms with Crippen molar-refractivity contribution in [3.8, 4) is 0 Å². The molecule has 1 amide bonds. The minimum absolute atomic E-state index is 0.00723. The van der Waals surface area contributed by atoms with Crippen LogP contribution in [0.3, 0.4) is 0 Å². The highest BCUT2D eigenvalue weighted by Gasteiger charge is 2.20. The number of amides is 1.